The maximum Gasteiger partial charge on any atom is 0.241 e. The molecular weight excluding hydrogens is 359 g/mol. The number of aliphatic hydroxyl groups excluding tert-OH is 1. The summed E-state index contributed by atoms with van der Waals surface area (Å²) in [5.41, 5.74) is 5.43. The number of nitrogens with two attached hydrogens (primary N) is 1. The van der Waals surface area contributed by atoms with Crippen LogP contribution in [0, 0.1) is 0 Å². The van der Waals surface area contributed by atoms with E-state index in [1.807, 2.05) is 0 Å². The van der Waals surface area contributed by atoms with Gasteiger partial charge < -0.3 is 10.8 Å². The Morgan fingerprint density at radius 1 is 1.33 bits per heavy atom. The second kappa shape index (κ2) is 7.84. The first-order chi connectivity index (χ1) is 11.3. The molecule has 0 saturated carbocycles. The highest BCUT2D eigenvalue weighted by Gasteiger charge is 2.30. The lowest BCUT2D eigenvalue weighted by Crippen LogP contribution is -2.35. The van der Waals surface area contributed by atoms with E-state index in [0.717, 1.165) is 6.20 Å². The van der Waals surface area contributed by atoms with Gasteiger partial charge in [0.25, 0.3) is 0 Å². The van der Waals surface area contributed by atoms with Gasteiger partial charge in [0, 0.05) is 13.0 Å². The molecule has 2 rings (SSSR count). The Morgan fingerprint density at radius 2 is 2.00 bits per heavy atom. The Morgan fingerprint density at radius 3 is 2.58 bits per heavy atom. The largest absolute Gasteiger partial charge is 0.396 e. The van der Waals surface area contributed by atoms with Crippen molar-refractivity contribution >= 4 is 27.4 Å². The fourth-order valence-electron chi connectivity index (χ4n) is 1.98. The van der Waals surface area contributed by atoms with Crippen molar-refractivity contribution in [2.24, 2.45) is 0 Å². The van der Waals surface area contributed by atoms with E-state index in [2.05, 4.69) is 14.7 Å². The summed E-state index contributed by atoms with van der Waals surface area (Å²) in [6.07, 6.45) is -0.878. The highest BCUT2D eigenvalue weighted by atomic mass is 35.5. The van der Waals surface area contributed by atoms with E-state index in [4.69, 9.17) is 22.4 Å². The van der Waals surface area contributed by atoms with Crippen LogP contribution in [0.3, 0.4) is 0 Å². The van der Waals surface area contributed by atoms with Gasteiger partial charge >= 0.3 is 0 Å². The molecule has 0 fully saturated rings. The third-order valence-corrected chi connectivity index (χ3v) is 4.93. The zero-order valence-electron chi connectivity index (χ0n) is 12.4. The van der Waals surface area contributed by atoms with Crippen LogP contribution in [0.25, 0.3) is 0 Å². The summed E-state index contributed by atoms with van der Waals surface area (Å²) in [4.78, 5) is 7.62. The molecule has 2 atom stereocenters. The molecule has 4 N–H and O–H groups in total. The van der Waals surface area contributed by atoms with Crippen molar-refractivity contribution in [1.29, 1.82) is 0 Å². The molecule has 1 aromatic carbocycles. The number of sulfonamides is 1. The molecule has 0 bridgehead atoms. The molecular formula is C14H16ClFN4O3S. The third-order valence-electron chi connectivity index (χ3n) is 3.20. The number of nitrogen functional groups attached to an aromatic ring is 1. The van der Waals surface area contributed by atoms with Crippen molar-refractivity contribution in [3.8, 4) is 0 Å². The maximum absolute atomic E-state index is 14.4. The van der Waals surface area contributed by atoms with Crippen LogP contribution >= 0.6 is 11.6 Å². The van der Waals surface area contributed by atoms with E-state index < -0.39 is 28.8 Å². The van der Waals surface area contributed by atoms with Crippen molar-refractivity contribution in [3.63, 3.8) is 0 Å². The molecule has 2 unspecified atom stereocenters. The molecule has 7 nitrogen and oxygen atoms in total. The van der Waals surface area contributed by atoms with Crippen molar-refractivity contribution in [1.82, 2.24) is 14.7 Å². The third kappa shape index (κ3) is 4.38. The van der Waals surface area contributed by atoms with Crippen LogP contribution in [-0.2, 0) is 10.0 Å². The zero-order chi connectivity index (χ0) is 17.7. The second-order valence-electron chi connectivity index (χ2n) is 4.91. The molecule has 0 aliphatic heterocycles. The Kier molecular flexibility index (Phi) is 6.05. The van der Waals surface area contributed by atoms with Crippen LogP contribution in [0.4, 0.5) is 10.2 Å². The molecule has 1 heterocycles. The topological polar surface area (TPSA) is 118 Å². The molecule has 0 spiro atoms. The first-order valence-corrected chi connectivity index (χ1v) is 8.81. The lowest BCUT2D eigenvalue weighted by Gasteiger charge is -2.21. The quantitative estimate of drug-likeness (QED) is 0.675. The van der Waals surface area contributed by atoms with Crippen LogP contribution in [0.5, 0.6) is 0 Å². The molecule has 0 amide bonds. The van der Waals surface area contributed by atoms with Gasteiger partial charge in [-0.2, -0.15) is 4.72 Å². The summed E-state index contributed by atoms with van der Waals surface area (Å²) >= 11 is 5.78. The summed E-state index contributed by atoms with van der Waals surface area (Å²) in [5, 5.41) is 8.79. The van der Waals surface area contributed by atoms with Gasteiger partial charge in [0.15, 0.2) is 11.0 Å². The molecule has 0 radical (unpaired) electrons. The Labute approximate surface area is 143 Å². The van der Waals surface area contributed by atoms with E-state index >= 15 is 0 Å². The van der Waals surface area contributed by atoms with Crippen LogP contribution in [0.1, 0.15) is 18.2 Å². The number of halogens is 2. The van der Waals surface area contributed by atoms with Crippen molar-refractivity contribution in [2.45, 2.75) is 23.5 Å². The fraction of sp³-hybridized carbons (Fsp3) is 0.286. The highest BCUT2D eigenvalue weighted by Crippen LogP contribution is 2.25. The monoisotopic (exact) mass is 374 g/mol. The van der Waals surface area contributed by atoms with E-state index in [0.29, 0.717) is 0 Å². The van der Waals surface area contributed by atoms with Gasteiger partial charge in [0.1, 0.15) is 6.17 Å². The molecule has 0 aliphatic rings. The minimum atomic E-state index is -4.01. The average Bonchev–Trinajstić information content (AvgIpc) is 2.56. The lowest BCUT2D eigenvalue weighted by molar-refractivity contribution is 0.190. The van der Waals surface area contributed by atoms with Crippen LogP contribution in [-0.4, -0.2) is 36.3 Å². The molecule has 0 aliphatic carbocycles. The van der Waals surface area contributed by atoms with E-state index in [9.17, 15) is 12.8 Å². The second-order valence-corrected chi connectivity index (χ2v) is 6.98. The van der Waals surface area contributed by atoms with Crippen molar-refractivity contribution in [3.05, 3.63) is 47.4 Å². The van der Waals surface area contributed by atoms with Crippen LogP contribution < -0.4 is 10.5 Å². The predicted molar refractivity (Wildman–Crippen MR) is 87.6 cm³/mol. The molecule has 10 heteroatoms. The predicted octanol–water partition coefficient (Wildman–Crippen LogP) is 1.45. The first kappa shape index (κ1) is 18.5. The molecule has 130 valence electrons. The van der Waals surface area contributed by atoms with Gasteiger partial charge in [-0.05, 0) is 12.1 Å². The lowest BCUT2D eigenvalue weighted by atomic mass is 10.1. The minimum absolute atomic E-state index is 0.0271. The number of benzene rings is 1. The number of nitrogens with one attached hydrogen (secondary N) is 1. The van der Waals surface area contributed by atoms with Crippen LogP contribution in [0.2, 0.25) is 5.15 Å². The Hall–Kier alpha value is -1.81. The van der Waals surface area contributed by atoms with Gasteiger partial charge in [-0.15, -0.1) is 0 Å². The SMILES string of the molecule is Nc1ncc(C(NS(=O)(=O)c2ccccc2)C(F)CCO)nc1Cl. The zero-order valence-corrected chi connectivity index (χ0v) is 14.0. The summed E-state index contributed by atoms with van der Waals surface area (Å²) in [6.45, 7) is -0.457. The summed E-state index contributed by atoms with van der Waals surface area (Å²) in [5.74, 6) is -0.0531. The molecule has 24 heavy (non-hydrogen) atoms. The molecule has 1 aromatic heterocycles. The Bertz CT molecular complexity index is 792. The summed E-state index contributed by atoms with van der Waals surface area (Å²) in [7, 11) is -4.01. The van der Waals surface area contributed by atoms with Gasteiger partial charge in [-0.25, -0.2) is 22.8 Å². The fourth-order valence-corrected chi connectivity index (χ4v) is 3.38. The van der Waals surface area contributed by atoms with Crippen molar-refractivity contribution in [2.75, 3.05) is 12.3 Å². The normalized spacial score (nSPS) is 14.3. The van der Waals surface area contributed by atoms with Crippen LogP contribution in [0.15, 0.2) is 41.4 Å². The number of hydrogen-bond acceptors (Lipinski definition) is 6. The smallest absolute Gasteiger partial charge is 0.241 e. The minimum Gasteiger partial charge on any atom is -0.396 e. The first-order valence-electron chi connectivity index (χ1n) is 6.95. The maximum atomic E-state index is 14.4. The number of rotatable bonds is 7. The van der Waals surface area contributed by atoms with E-state index in [1.165, 1.54) is 12.1 Å². The van der Waals surface area contributed by atoms with E-state index in [-0.39, 0.29) is 28.0 Å². The van der Waals surface area contributed by atoms with Gasteiger partial charge in [0.05, 0.1) is 22.8 Å². The Balaban J connectivity index is 2.38. The number of aromatic nitrogens is 2. The summed E-state index contributed by atoms with van der Waals surface area (Å²) < 4.78 is 41.5. The number of hydrogen-bond donors (Lipinski definition) is 3. The van der Waals surface area contributed by atoms with Gasteiger partial charge in [-0.3, -0.25) is 0 Å². The van der Waals surface area contributed by atoms with E-state index in [1.54, 1.807) is 18.2 Å². The summed E-state index contributed by atoms with van der Waals surface area (Å²) in [6, 6.07) is 6.13. The number of alkyl halides is 1. The number of nitrogens with zero attached hydrogens (tertiary/aromatic N) is 2. The number of anilines is 1. The molecule has 2 aromatic rings. The standard InChI is InChI=1S/C14H16ClFN4O3S/c15-13-14(17)18-8-11(19-13)12(10(16)6-7-21)20-24(22,23)9-4-2-1-3-5-9/h1-5,8,10,12,20-21H,6-7H2,(H2,17,18). The van der Waals surface area contributed by atoms with Gasteiger partial charge in [-0.1, -0.05) is 29.8 Å². The molecule has 0 saturated heterocycles. The average molecular weight is 375 g/mol. The number of aliphatic hydroxyl groups is 1. The van der Waals surface area contributed by atoms with Gasteiger partial charge in [0.2, 0.25) is 10.0 Å². The van der Waals surface area contributed by atoms with Crippen molar-refractivity contribution < 1.29 is 17.9 Å². The highest BCUT2D eigenvalue weighted by molar-refractivity contribution is 7.89.